The molecule has 0 aromatic heterocycles. The fourth-order valence-corrected chi connectivity index (χ4v) is 7.72. The highest BCUT2D eigenvalue weighted by Gasteiger charge is 2.40. The Morgan fingerprint density at radius 1 is 0.592 bits per heavy atom. The molecule has 1 aliphatic rings. The maximum absolute atomic E-state index is 13.5. The summed E-state index contributed by atoms with van der Waals surface area (Å²) < 4.78 is 6.53. The first kappa shape index (κ1) is 40.9. The summed E-state index contributed by atoms with van der Waals surface area (Å²) >= 11 is 0. The summed E-state index contributed by atoms with van der Waals surface area (Å²) in [6.07, 6.45) is 12.1. The third-order valence-corrected chi connectivity index (χ3v) is 10.7. The summed E-state index contributed by atoms with van der Waals surface area (Å²) in [5, 5.41) is 22.8. The molecule has 4 heteroatoms. The first-order chi connectivity index (χ1) is 22.5. The lowest BCUT2D eigenvalue weighted by atomic mass is 9.77. The van der Waals surface area contributed by atoms with Gasteiger partial charge in [0, 0.05) is 18.3 Å². The molecule has 1 fully saturated rings. The van der Waals surface area contributed by atoms with Crippen LogP contribution in [0.15, 0.2) is 24.3 Å². The Labute approximate surface area is 300 Å². The van der Waals surface area contributed by atoms with Gasteiger partial charge in [0.05, 0.1) is 0 Å². The van der Waals surface area contributed by atoms with Crippen LogP contribution in [0.4, 0.5) is 0 Å². The summed E-state index contributed by atoms with van der Waals surface area (Å²) in [6, 6.07) is 8.78. The van der Waals surface area contributed by atoms with Gasteiger partial charge in [-0.1, -0.05) is 153 Å². The predicted octanol–water partition coefficient (Wildman–Crippen LogP) is 12.2. The van der Waals surface area contributed by atoms with Crippen molar-refractivity contribution in [2.24, 2.45) is 11.8 Å². The number of aromatic hydroxyl groups is 2. The van der Waals surface area contributed by atoms with Gasteiger partial charge in [-0.25, -0.2) is 0 Å². The van der Waals surface area contributed by atoms with Gasteiger partial charge in [0.15, 0.2) is 0 Å². The number of benzene rings is 2. The maximum Gasteiger partial charge on any atom is 0.306 e. The van der Waals surface area contributed by atoms with Crippen LogP contribution >= 0.6 is 0 Å². The topological polar surface area (TPSA) is 66.8 Å². The zero-order chi connectivity index (χ0) is 36.9. The highest BCUT2D eigenvalue weighted by molar-refractivity contribution is 5.69. The minimum Gasteiger partial charge on any atom is -0.507 e. The summed E-state index contributed by atoms with van der Waals surface area (Å²) in [7, 11) is 0. The predicted molar refractivity (Wildman–Crippen MR) is 207 cm³/mol. The maximum atomic E-state index is 13.5. The lowest BCUT2D eigenvalue weighted by molar-refractivity contribution is -0.153. The summed E-state index contributed by atoms with van der Waals surface area (Å²) in [6.45, 7) is 28.2. The Kier molecular flexibility index (Phi) is 13.6. The summed E-state index contributed by atoms with van der Waals surface area (Å²) in [5.74, 6) is 1.15. The zero-order valence-corrected chi connectivity index (χ0v) is 33.7. The van der Waals surface area contributed by atoms with Gasteiger partial charge in [-0.05, 0) is 87.1 Å². The van der Waals surface area contributed by atoms with Gasteiger partial charge in [0.1, 0.15) is 17.6 Å². The van der Waals surface area contributed by atoms with E-state index in [1.54, 1.807) is 0 Å². The lowest BCUT2D eigenvalue weighted by Crippen LogP contribution is -2.31. The van der Waals surface area contributed by atoms with Gasteiger partial charge in [-0.15, -0.1) is 0 Å². The molecular formula is C45H72O4. The molecule has 1 saturated carbocycles. The van der Waals surface area contributed by atoms with Crippen LogP contribution in [0.25, 0.3) is 0 Å². The molecule has 49 heavy (non-hydrogen) atoms. The van der Waals surface area contributed by atoms with Crippen LogP contribution in [0.5, 0.6) is 11.5 Å². The largest absolute Gasteiger partial charge is 0.507 e. The Morgan fingerprint density at radius 2 is 0.918 bits per heavy atom. The van der Waals surface area contributed by atoms with E-state index in [0.29, 0.717) is 17.9 Å². The van der Waals surface area contributed by atoms with Crippen LogP contribution < -0.4 is 0 Å². The number of esters is 1. The third-order valence-electron chi connectivity index (χ3n) is 10.7. The standard InChI is InChI=1S/C45H72O4/c1-14-15-16-17-18-19-20-21-38(46)49-41-32(24-30-26-34(42(2,3)4)39(47)35(27-30)43(5,6)7)22-23-33(41)25-31-28-36(44(8,9)10)40(48)37(29-31)45(11,12)13/h26-29,32-33,41,47-48H,14-25H2,1-13H3. The van der Waals surface area contributed by atoms with E-state index in [4.69, 9.17) is 4.74 Å². The molecule has 0 spiro atoms. The Bertz CT molecular complexity index is 1230. The number of unbranched alkanes of at least 4 members (excludes halogenated alkanes) is 6. The molecule has 0 bridgehead atoms. The molecule has 0 amide bonds. The number of rotatable bonds is 13. The first-order valence-electron chi connectivity index (χ1n) is 19.5. The molecule has 2 aromatic rings. The molecule has 0 aliphatic heterocycles. The van der Waals surface area contributed by atoms with Crippen molar-refractivity contribution < 1.29 is 19.7 Å². The van der Waals surface area contributed by atoms with Crippen molar-refractivity contribution in [2.75, 3.05) is 0 Å². The second-order valence-electron chi connectivity index (χ2n) is 19.4. The molecule has 2 aromatic carbocycles. The van der Waals surface area contributed by atoms with Crippen molar-refractivity contribution in [2.45, 2.75) is 195 Å². The van der Waals surface area contributed by atoms with E-state index in [0.717, 1.165) is 60.8 Å². The van der Waals surface area contributed by atoms with Crippen LogP contribution in [0.2, 0.25) is 0 Å². The second kappa shape index (κ2) is 16.2. The van der Waals surface area contributed by atoms with E-state index in [2.05, 4.69) is 114 Å². The van der Waals surface area contributed by atoms with E-state index >= 15 is 0 Å². The van der Waals surface area contributed by atoms with Crippen molar-refractivity contribution in [1.29, 1.82) is 0 Å². The molecule has 276 valence electrons. The van der Waals surface area contributed by atoms with Crippen LogP contribution in [0.3, 0.4) is 0 Å². The highest BCUT2D eigenvalue weighted by atomic mass is 16.5. The number of hydrogen-bond donors (Lipinski definition) is 2. The average Bonchev–Trinajstić information content (AvgIpc) is 3.31. The smallest absolute Gasteiger partial charge is 0.306 e. The monoisotopic (exact) mass is 677 g/mol. The van der Waals surface area contributed by atoms with Crippen LogP contribution in [-0.4, -0.2) is 22.3 Å². The van der Waals surface area contributed by atoms with Crippen LogP contribution in [0.1, 0.15) is 188 Å². The van der Waals surface area contributed by atoms with E-state index in [1.165, 1.54) is 43.2 Å². The molecule has 0 heterocycles. The zero-order valence-electron chi connectivity index (χ0n) is 33.7. The number of carbonyl (C=O) groups is 1. The highest BCUT2D eigenvalue weighted by Crippen LogP contribution is 2.45. The molecule has 2 unspecified atom stereocenters. The SMILES string of the molecule is CCCCCCCCCC(=O)OC1C(Cc2cc(C(C)(C)C)c(O)c(C(C)(C)C)c2)CCC1Cc1cc(C(C)(C)C)c(O)c(C(C)(C)C)c1. The number of carbonyl (C=O) groups excluding carboxylic acids is 1. The number of phenols is 2. The van der Waals surface area contributed by atoms with Crippen LogP contribution in [0, 0.1) is 11.8 Å². The Hall–Kier alpha value is -2.49. The lowest BCUT2D eigenvalue weighted by Gasteiger charge is -2.30. The molecule has 3 rings (SSSR count). The molecule has 4 nitrogen and oxygen atoms in total. The van der Waals surface area contributed by atoms with Crippen molar-refractivity contribution in [3.05, 3.63) is 57.6 Å². The van der Waals surface area contributed by atoms with Gasteiger partial charge in [0.2, 0.25) is 0 Å². The molecule has 0 radical (unpaired) electrons. The minimum atomic E-state index is -0.199. The molecule has 1 aliphatic carbocycles. The fraction of sp³-hybridized carbons (Fsp3) is 0.711. The average molecular weight is 677 g/mol. The Morgan fingerprint density at radius 3 is 1.24 bits per heavy atom. The Balaban J connectivity index is 1.95. The molecule has 2 N–H and O–H groups in total. The van der Waals surface area contributed by atoms with E-state index in [1.807, 2.05) is 0 Å². The van der Waals surface area contributed by atoms with E-state index in [9.17, 15) is 15.0 Å². The van der Waals surface area contributed by atoms with Crippen LogP contribution in [-0.2, 0) is 44.0 Å². The second-order valence-corrected chi connectivity index (χ2v) is 19.4. The van der Waals surface area contributed by atoms with Gasteiger partial charge < -0.3 is 14.9 Å². The third kappa shape index (κ3) is 11.3. The van der Waals surface area contributed by atoms with E-state index < -0.39 is 0 Å². The van der Waals surface area contributed by atoms with Crippen molar-refractivity contribution in [1.82, 2.24) is 0 Å². The minimum absolute atomic E-state index is 0.0663. The normalized spacial score (nSPS) is 19.0. The van der Waals surface area contributed by atoms with Gasteiger partial charge in [-0.3, -0.25) is 4.79 Å². The molecule has 0 saturated heterocycles. The summed E-state index contributed by atoms with van der Waals surface area (Å²) in [5.41, 5.74) is 5.53. The fourth-order valence-electron chi connectivity index (χ4n) is 7.72. The quantitative estimate of drug-likeness (QED) is 0.164. The van der Waals surface area contributed by atoms with Gasteiger partial charge in [-0.2, -0.15) is 0 Å². The number of phenolic OH excluding ortho intramolecular Hbond substituents is 2. The number of hydrogen-bond acceptors (Lipinski definition) is 4. The summed E-state index contributed by atoms with van der Waals surface area (Å²) in [4.78, 5) is 13.5. The van der Waals surface area contributed by atoms with E-state index in [-0.39, 0.29) is 45.6 Å². The molecule has 2 atom stereocenters. The first-order valence-corrected chi connectivity index (χ1v) is 19.5. The molecular weight excluding hydrogens is 604 g/mol. The van der Waals surface area contributed by atoms with Gasteiger partial charge >= 0.3 is 5.97 Å². The van der Waals surface area contributed by atoms with Crippen molar-refractivity contribution in [3.63, 3.8) is 0 Å². The van der Waals surface area contributed by atoms with Crippen molar-refractivity contribution >= 4 is 5.97 Å². The van der Waals surface area contributed by atoms with Crippen molar-refractivity contribution in [3.8, 4) is 11.5 Å². The number of ether oxygens (including phenoxy) is 1. The van der Waals surface area contributed by atoms with Gasteiger partial charge in [0.25, 0.3) is 0 Å².